The summed E-state index contributed by atoms with van der Waals surface area (Å²) in [4.78, 5) is 26.0. The van der Waals surface area contributed by atoms with E-state index in [1.54, 1.807) is 18.2 Å². The van der Waals surface area contributed by atoms with Gasteiger partial charge in [-0.3, -0.25) is 9.59 Å². The number of rotatable bonds is 7. The number of benzene rings is 2. The first kappa shape index (κ1) is 24.4. The number of ether oxygens (including phenoxy) is 2. The Kier molecular flexibility index (Phi) is 7.84. The lowest BCUT2D eigenvalue weighted by Gasteiger charge is -2.26. The second-order valence-electron chi connectivity index (χ2n) is 7.94. The van der Waals surface area contributed by atoms with E-state index in [0.29, 0.717) is 17.1 Å². The van der Waals surface area contributed by atoms with E-state index in [2.05, 4.69) is 10.6 Å². The molecule has 33 heavy (non-hydrogen) atoms. The molecule has 1 saturated carbocycles. The predicted octanol–water partition coefficient (Wildman–Crippen LogP) is 4.64. The third kappa shape index (κ3) is 6.18. The summed E-state index contributed by atoms with van der Waals surface area (Å²) in [6.45, 7) is 0. The average Bonchev–Trinajstić information content (AvgIpc) is 2.82. The fraction of sp³-hybridized carbons (Fsp3) is 0.417. The first-order valence-electron chi connectivity index (χ1n) is 10.7. The smallest absolute Gasteiger partial charge is 0.416 e. The van der Waals surface area contributed by atoms with Crippen molar-refractivity contribution in [2.75, 3.05) is 14.2 Å². The number of alkyl halides is 3. The highest BCUT2D eigenvalue weighted by molar-refractivity contribution is 5.98. The zero-order valence-electron chi connectivity index (χ0n) is 18.5. The number of amides is 2. The summed E-state index contributed by atoms with van der Waals surface area (Å²) in [5.74, 6) is -0.426. The molecule has 9 heteroatoms. The maximum absolute atomic E-state index is 13.2. The standard InChI is InChI=1S/C24H27F3N2O4/c1-32-19-12-11-15(14-20(19)33-2)21(23(31)28-18-9-4-3-5-10-18)29-22(30)16-7-6-8-17(13-16)24(25,26)27/h6-8,11-14,18,21H,3-5,9-10H2,1-2H3,(H,28,31)(H,29,30). The van der Waals surface area contributed by atoms with E-state index in [-0.39, 0.29) is 11.6 Å². The minimum absolute atomic E-state index is 0.0145. The Morgan fingerprint density at radius 2 is 1.67 bits per heavy atom. The van der Waals surface area contributed by atoms with Gasteiger partial charge in [0.15, 0.2) is 11.5 Å². The molecular weight excluding hydrogens is 437 g/mol. The Bertz CT molecular complexity index is 988. The van der Waals surface area contributed by atoms with Gasteiger partial charge in [-0.25, -0.2) is 0 Å². The van der Waals surface area contributed by atoms with E-state index in [0.717, 1.165) is 50.3 Å². The van der Waals surface area contributed by atoms with E-state index >= 15 is 0 Å². The number of hydrogen-bond donors (Lipinski definition) is 2. The minimum atomic E-state index is -4.59. The Morgan fingerprint density at radius 3 is 2.30 bits per heavy atom. The van der Waals surface area contributed by atoms with Crippen LogP contribution in [0.25, 0.3) is 0 Å². The molecule has 1 unspecified atom stereocenters. The van der Waals surface area contributed by atoms with Crippen molar-refractivity contribution in [2.45, 2.75) is 50.4 Å². The number of carbonyl (C=O) groups is 2. The van der Waals surface area contributed by atoms with E-state index in [1.807, 2.05) is 0 Å². The lowest BCUT2D eigenvalue weighted by Crippen LogP contribution is -2.45. The molecule has 2 aromatic carbocycles. The van der Waals surface area contributed by atoms with E-state index in [9.17, 15) is 22.8 Å². The Morgan fingerprint density at radius 1 is 0.970 bits per heavy atom. The van der Waals surface area contributed by atoms with E-state index in [1.165, 1.54) is 20.3 Å². The van der Waals surface area contributed by atoms with Crippen molar-refractivity contribution in [3.05, 3.63) is 59.2 Å². The molecule has 1 aliphatic carbocycles. The van der Waals surface area contributed by atoms with Crippen molar-refractivity contribution in [1.82, 2.24) is 10.6 Å². The quantitative estimate of drug-likeness (QED) is 0.626. The summed E-state index contributed by atoms with van der Waals surface area (Å²) in [5.41, 5.74) is -0.716. The van der Waals surface area contributed by atoms with Crippen molar-refractivity contribution < 1.29 is 32.2 Å². The normalized spacial score (nSPS) is 15.4. The number of halogens is 3. The summed E-state index contributed by atoms with van der Waals surface area (Å²) in [5, 5.41) is 5.56. The van der Waals surface area contributed by atoms with Crippen LogP contribution in [0.15, 0.2) is 42.5 Å². The molecule has 3 rings (SSSR count). The fourth-order valence-electron chi connectivity index (χ4n) is 3.92. The van der Waals surface area contributed by atoms with Crippen LogP contribution in [0, 0.1) is 0 Å². The molecule has 0 radical (unpaired) electrons. The Balaban J connectivity index is 1.89. The van der Waals surface area contributed by atoms with Crippen molar-refractivity contribution >= 4 is 11.8 Å². The summed E-state index contributed by atoms with van der Waals surface area (Å²) in [7, 11) is 2.92. The molecular formula is C24H27F3N2O4. The Labute approximate surface area is 190 Å². The fourth-order valence-corrected chi connectivity index (χ4v) is 3.92. The minimum Gasteiger partial charge on any atom is -0.493 e. The third-order valence-corrected chi connectivity index (χ3v) is 5.68. The summed E-state index contributed by atoms with van der Waals surface area (Å²) in [6, 6.07) is 7.72. The zero-order chi connectivity index (χ0) is 24.0. The van der Waals surface area contributed by atoms with Crippen LogP contribution in [0.2, 0.25) is 0 Å². The second kappa shape index (κ2) is 10.6. The van der Waals surface area contributed by atoms with Crippen LogP contribution in [0.4, 0.5) is 13.2 Å². The van der Waals surface area contributed by atoms with Gasteiger partial charge in [0.1, 0.15) is 6.04 Å². The molecule has 2 N–H and O–H groups in total. The molecule has 2 aromatic rings. The molecule has 178 valence electrons. The highest BCUT2D eigenvalue weighted by atomic mass is 19.4. The van der Waals surface area contributed by atoms with Gasteiger partial charge in [0.05, 0.1) is 19.8 Å². The average molecular weight is 464 g/mol. The maximum atomic E-state index is 13.2. The van der Waals surface area contributed by atoms with Gasteiger partial charge in [-0.2, -0.15) is 13.2 Å². The lowest BCUT2D eigenvalue weighted by atomic mass is 9.95. The van der Waals surface area contributed by atoms with Crippen molar-refractivity contribution in [3.8, 4) is 11.5 Å². The molecule has 0 spiro atoms. The van der Waals surface area contributed by atoms with E-state index < -0.39 is 29.6 Å². The summed E-state index contributed by atoms with van der Waals surface area (Å²) < 4.78 is 49.8. The van der Waals surface area contributed by atoms with Gasteiger partial charge in [0.2, 0.25) is 5.91 Å². The van der Waals surface area contributed by atoms with Crippen LogP contribution in [0.1, 0.15) is 59.6 Å². The van der Waals surface area contributed by atoms with Gasteiger partial charge in [0, 0.05) is 11.6 Å². The lowest BCUT2D eigenvalue weighted by molar-refractivity contribution is -0.137. The van der Waals surface area contributed by atoms with Crippen LogP contribution >= 0.6 is 0 Å². The van der Waals surface area contributed by atoms with Gasteiger partial charge < -0.3 is 20.1 Å². The van der Waals surface area contributed by atoms with Gasteiger partial charge in [-0.1, -0.05) is 31.4 Å². The molecule has 6 nitrogen and oxygen atoms in total. The third-order valence-electron chi connectivity index (χ3n) is 5.68. The van der Waals surface area contributed by atoms with Crippen molar-refractivity contribution in [1.29, 1.82) is 0 Å². The van der Waals surface area contributed by atoms with Gasteiger partial charge in [-0.15, -0.1) is 0 Å². The Hall–Kier alpha value is -3.23. The van der Waals surface area contributed by atoms with Crippen LogP contribution in [-0.4, -0.2) is 32.1 Å². The SMILES string of the molecule is COc1ccc(C(NC(=O)c2cccc(C(F)(F)F)c2)C(=O)NC2CCCCC2)cc1OC. The highest BCUT2D eigenvalue weighted by Gasteiger charge is 2.32. The van der Waals surface area contributed by atoms with Crippen LogP contribution < -0.4 is 20.1 Å². The maximum Gasteiger partial charge on any atom is 0.416 e. The topological polar surface area (TPSA) is 76.7 Å². The number of nitrogens with one attached hydrogen (secondary N) is 2. The van der Waals surface area contributed by atoms with Crippen molar-refractivity contribution in [3.63, 3.8) is 0 Å². The number of hydrogen-bond acceptors (Lipinski definition) is 4. The van der Waals surface area contributed by atoms with Gasteiger partial charge >= 0.3 is 6.18 Å². The molecule has 1 atom stereocenters. The van der Waals surface area contributed by atoms with Gasteiger partial charge in [0.25, 0.3) is 5.91 Å². The molecule has 1 aliphatic rings. The first-order chi connectivity index (χ1) is 15.7. The van der Waals surface area contributed by atoms with Crippen molar-refractivity contribution in [2.24, 2.45) is 0 Å². The van der Waals surface area contributed by atoms with E-state index in [4.69, 9.17) is 9.47 Å². The van der Waals surface area contributed by atoms with Gasteiger partial charge in [-0.05, 0) is 48.7 Å². The molecule has 0 aliphatic heterocycles. The number of carbonyl (C=O) groups excluding carboxylic acids is 2. The predicted molar refractivity (Wildman–Crippen MR) is 116 cm³/mol. The van der Waals surface area contributed by atoms with Crippen LogP contribution in [0.5, 0.6) is 11.5 Å². The summed E-state index contributed by atoms with van der Waals surface area (Å²) >= 11 is 0. The van der Waals surface area contributed by atoms with Crippen LogP contribution in [-0.2, 0) is 11.0 Å². The molecule has 0 heterocycles. The molecule has 2 amide bonds. The largest absolute Gasteiger partial charge is 0.493 e. The molecule has 0 saturated heterocycles. The number of methoxy groups -OCH3 is 2. The molecule has 0 aromatic heterocycles. The molecule has 1 fully saturated rings. The zero-order valence-corrected chi connectivity index (χ0v) is 18.5. The monoisotopic (exact) mass is 464 g/mol. The second-order valence-corrected chi connectivity index (χ2v) is 7.94. The summed E-state index contributed by atoms with van der Waals surface area (Å²) in [6.07, 6.45) is 0.207. The first-order valence-corrected chi connectivity index (χ1v) is 10.7. The molecule has 0 bridgehead atoms. The highest BCUT2D eigenvalue weighted by Crippen LogP contribution is 2.32. The van der Waals surface area contributed by atoms with Crippen LogP contribution in [0.3, 0.4) is 0 Å².